The van der Waals surface area contributed by atoms with Gasteiger partial charge in [0.05, 0.1) is 35.1 Å². The number of fused-ring (bicyclic) bond motifs is 1. The number of benzene rings is 2. The Morgan fingerprint density at radius 1 is 1.19 bits per heavy atom. The second-order valence-corrected chi connectivity index (χ2v) is 9.87. The minimum Gasteiger partial charge on any atom is -0.490 e. The number of hydrogen-bond donors (Lipinski definition) is 0. The molecular weight excluding hydrogens is 558 g/mol. The molecule has 0 fully saturated rings. The summed E-state index contributed by atoms with van der Waals surface area (Å²) < 4.78 is 19.3. The van der Waals surface area contributed by atoms with E-state index in [1.165, 1.54) is 11.3 Å². The van der Waals surface area contributed by atoms with Gasteiger partial charge in [0.25, 0.3) is 5.56 Å². The van der Waals surface area contributed by atoms with Gasteiger partial charge in [-0.2, -0.15) is 5.26 Å². The van der Waals surface area contributed by atoms with Gasteiger partial charge in [-0.1, -0.05) is 45.5 Å². The molecule has 37 heavy (non-hydrogen) atoms. The Morgan fingerprint density at radius 2 is 2.00 bits per heavy atom. The van der Waals surface area contributed by atoms with Crippen LogP contribution in [0.15, 0.2) is 68.0 Å². The molecule has 1 aliphatic heterocycles. The fourth-order valence-corrected chi connectivity index (χ4v) is 5.51. The molecule has 0 saturated carbocycles. The lowest BCUT2D eigenvalue weighted by molar-refractivity contribution is -0.139. The average Bonchev–Trinajstić information content (AvgIpc) is 3.17. The summed E-state index contributed by atoms with van der Waals surface area (Å²) in [5, 5.41) is 8.83. The van der Waals surface area contributed by atoms with Crippen LogP contribution in [0.2, 0.25) is 0 Å². The molecule has 0 amide bonds. The molecule has 1 atom stereocenters. The number of carbonyl (C=O) groups excluding carboxylic acids is 1. The molecule has 3 aromatic rings. The van der Waals surface area contributed by atoms with Crippen LogP contribution in [0.4, 0.5) is 0 Å². The molecule has 1 aromatic heterocycles. The molecule has 0 saturated heterocycles. The standard InChI is InChI=1S/C27H24BrN3O5S/c1-4-34-21-13-17(9-10-20(21)36-12-11-29)14-22-25(32)31-24(18-7-6-8-19(28)15-18)23(26(33)35-5-2)16(3)30-27(31)37-22/h6-10,13-15,24H,4-5,12H2,1-3H3/b22-14-/t24-/m0/s1. The Labute approximate surface area is 225 Å². The van der Waals surface area contributed by atoms with Gasteiger partial charge >= 0.3 is 5.97 Å². The molecule has 0 unspecified atom stereocenters. The predicted molar refractivity (Wildman–Crippen MR) is 143 cm³/mol. The molecular formula is C27H24BrN3O5S. The van der Waals surface area contributed by atoms with E-state index in [4.69, 9.17) is 19.5 Å². The molecule has 0 N–H and O–H groups in total. The van der Waals surface area contributed by atoms with E-state index in [1.807, 2.05) is 37.3 Å². The molecule has 2 aromatic carbocycles. The second kappa shape index (κ2) is 11.6. The Hall–Kier alpha value is -3.68. The summed E-state index contributed by atoms with van der Waals surface area (Å²) in [4.78, 5) is 31.8. The van der Waals surface area contributed by atoms with Crippen LogP contribution in [0.1, 0.15) is 37.9 Å². The Kier molecular flexibility index (Phi) is 8.26. The first-order valence-electron chi connectivity index (χ1n) is 11.6. The van der Waals surface area contributed by atoms with Crippen molar-refractivity contribution in [2.24, 2.45) is 4.99 Å². The lowest BCUT2D eigenvalue weighted by atomic mass is 9.96. The predicted octanol–water partition coefficient (Wildman–Crippen LogP) is 3.86. The topological polar surface area (TPSA) is 103 Å². The van der Waals surface area contributed by atoms with Gasteiger partial charge in [0.15, 0.2) is 22.9 Å². The first kappa shape index (κ1) is 26.4. The van der Waals surface area contributed by atoms with Crippen molar-refractivity contribution in [2.75, 3.05) is 19.8 Å². The smallest absolute Gasteiger partial charge is 0.338 e. The van der Waals surface area contributed by atoms with E-state index in [2.05, 4.69) is 20.9 Å². The summed E-state index contributed by atoms with van der Waals surface area (Å²) in [6.45, 7) is 5.87. The fourth-order valence-electron chi connectivity index (χ4n) is 4.05. The molecule has 1 aliphatic rings. The summed E-state index contributed by atoms with van der Waals surface area (Å²) in [7, 11) is 0. The van der Waals surface area contributed by atoms with E-state index >= 15 is 0 Å². The number of nitrogens with zero attached hydrogens (tertiary/aromatic N) is 3. The number of allylic oxidation sites excluding steroid dienone is 1. The number of carbonyl (C=O) groups is 1. The van der Waals surface area contributed by atoms with Gasteiger partial charge in [-0.15, -0.1) is 0 Å². The molecule has 4 rings (SSSR count). The van der Waals surface area contributed by atoms with Crippen molar-refractivity contribution >= 4 is 39.3 Å². The summed E-state index contributed by atoms with van der Waals surface area (Å²) in [6, 6.07) is 14.0. The number of ether oxygens (including phenoxy) is 3. The summed E-state index contributed by atoms with van der Waals surface area (Å²) in [5.74, 6) is 0.426. The van der Waals surface area contributed by atoms with E-state index in [0.717, 1.165) is 15.6 Å². The first-order valence-corrected chi connectivity index (χ1v) is 13.2. The number of rotatable bonds is 8. The molecule has 190 valence electrons. The maximum Gasteiger partial charge on any atom is 0.338 e. The van der Waals surface area contributed by atoms with Gasteiger partial charge in [-0.05, 0) is 62.2 Å². The zero-order valence-corrected chi connectivity index (χ0v) is 22.9. The zero-order chi connectivity index (χ0) is 26.5. The number of aromatic nitrogens is 1. The average molecular weight is 582 g/mol. The van der Waals surface area contributed by atoms with E-state index in [0.29, 0.717) is 38.7 Å². The number of hydrogen-bond acceptors (Lipinski definition) is 8. The van der Waals surface area contributed by atoms with Gasteiger partial charge in [-0.3, -0.25) is 9.36 Å². The maximum atomic E-state index is 13.7. The molecule has 0 radical (unpaired) electrons. The molecule has 8 nitrogen and oxygen atoms in total. The third-order valence-electron chi connectivity index (χ3n) is 5.54. The number of thiazole rings is 1. The van der Waals surface area contributed by atoms with Crippen molar-refractivity contribution in [3.8, 4) is 17.6 Å². The highest BCUT2D eigenvalue weighted by Crippen LogP contribution is 2.32. The summed E-state index contributed by atoms with van der Waals surface area (Å²) in [5.41, 5.74) is 2.05. The number of esters is 1. The fraction of sp³-hybridized carbons (Fsp3) is 0.259. The van der Waals surface area contributed by atoms with Crippen LogP contribution in [0.25, 0.3) is 6.08 Å². The van der Waals surface area contributed by atoms with Crippen LogP contribution in [-0.4, -0.2) is 30.4 Å². The Morgan fingerprint density at radius 3 is 2.70 bits per heavy atom. The van der Waals surface area contributed by atoms with Crippen LogP contribution >= 0.6 is 27.3 Å². The molecule has 0 bridgehead atoms. The van der Waals surface area contributed by atoms with Crippen LogP contribution in [0, 0.1) is 11.3 Å². The molecule has 10 heteroatoms. The minimum absolute atomic E-state index is 0.101. The normalized spacial score (nSPS) is 15.0. The van der Waals surface area contributed by atoms with Crippen molar-refractivity contribution in [3.63, 3.8) is 0 Å². The maximum absolute atomic E-state index is 13.7. The van der Waals surface area contributed by atoms with Crippen LogP contribution in [0.3, 0.4) is 0 Å². The van der Waals surface area contributed by atoms with Crippen molar-refractivity contribution in [3.05, 3.63) is 89.0 Å². The van der Waals surface area contributed by atoms with Crippen molar-refractivity contribution in [1.82, 2.24) is 4.57 Å². The minimum atomic E-state index is -0.685. The van der Waals surface area contributed by atoms with E-state index in [1.54, 1.807) is 42.7 Å². The Balaban J connectivity index is 1.88. The van der Waals surface area contributed by atoms with Crippen molar-refractivity contribution in [1.29, 1.82) is 5.26 Å². The lowest BCUT2D eigenvalue weighted by Crippen LogP contribution is -2.39. The highest BCUT2D eigenvalue weighted by atomic mass is 79.9. The quantitative estimate of drug-likeness (QED) is 0.374. The van der Waals surface area contributed by atoms with Gasteiger partial charge in [0.1, 0.15) is 6.07 Å². The second-order valence-electron chi connectivity index (χ2n) is 7.94. The molecule has 0 spiro atoms. The monoisotopic (exact) mass is 581 g/mol. The van der Waals surface area contributed by atoms with Crippen LogP contribution < -0.4 is 24.4 Å². The Bertz CT molecular complexity index is 1600. The van der Waals surface area contributed by atoms with Gasteiger partial charge in [0, 0.05) is 4.47 Å². The van der Waals surface area contributed by atoms with Crippen molar-refractivity contribution in [2.45, 2.75) is 26.8 Å². The van der Waals surface area contributed by atoms with Crippen LogP contribution in [0.5, 0.6) is 11.5 Å². The van der Waals surface area contributed by atoms with E-state index in [9.17, 15) is 9.59 Å². The number of halogens is 1. The summed E-state index contributed by atoms with van der Waals surface area (Å²) >= 11 is 4.74. The lowest BCUT2D eigenvalue weighted by Gasteiger charge is -2.24. The highest BCUT2D eigenvalue weighted by molar-refractivity contribution is 9.10. The molecule has 0 aliphatic carbocycles. The third-order valence-corrected chi connectivity index (χ3v) is 7.02. The van der Waals surface area contributed by atoms with E-state index in [-0.39, 0.29) is 18.8 Å². The first-order chi connectivity index (χ1) is 17.9. The highest BCUT2D eigenvalue weighted by Gasteiger charge is 2.33. The summed E-state index contributed by atoms with van der Waals surface area (Å²) in [6.07, 6.45) is 1.75. The van der Waals surface area contributed by atoms with Crippen molar-refractivity contribution < 1.29 is 19.0 Å². The van der Waals surface area contributed by atoms with Gasteiger partial charge < -0.3 is 14.2 Å². The third kappa shape index (κ3) is 5.53. The number of nitriles is 1. The van der Waals surface area contributed by atoms with Gasteiger partial charge in [-0.25, -0.2) is 9.79 Å². The van der Waals surface area contributed by atoms with Crippen LogP contribution in [-0.2, 0) is 9.53 Å². The largest absolute Gasteiger partial charge is 0.490 e. The zero-order valence-electron chi connectivity index (χ0n) is 20.5. The van der Waals surface area contributed by atoms with Gasteiger partial charge in [0.2, 0.25) is 0 Å². The SMILES string of the molecule is CCOC(=O)C1=C(C)N=c2s/c(=C\c3ccc(OCC#N)c(OCC)c3)c(=O)n2[C@H]1c1cccc(Br)c1. The van der Waals surface area contributed by atoms with E-state index < -0.39 is 12.0 Å². The molecule has 2 heterocycles.